The minimum atomic E-state index is -0.413. The fraction of sp³-hybridized carbons (Fsp3) is 0.429. The predicted molar refractivity (Wildman–Crippen MR) is 66.0 cm³/mol. The molecule has 0 unspecified atom stereocenters. The van der Waals surface area contributed by atoms with Crippen molar-refractivity contribution in [3.05, 3.63) is 35.1 Å². The Morgan fingerprint density at radius 2 is 1.94 bits per heavy atom. The molecular formula is C14H17FO3. The standard InChI is InChI=1S/C14H17FO3/c1-3-18-14(17)6-4-5-13(16)11-7-10(2)8-12(15)9-11/h7-9H,3-6H2,1-2H3. The van der Waals surface area contributed by atoms with Crippen LogP contribution in [0.25, 0.3) is 0 Å². The van der Waals surface area contributed by atoms with Crippen LogP contribution in [0, 0.1) is 12.7 Å². The fourth-order valence-corrected chi connectivity index (χ4v) is 1.67. The summed E-state index contributed by atoms with van der Waals surface area (Å²) in [6.45, 7) is 3.81. The normalized spacial score (nSPS) is 10.2. The highest BCUT2D eigenvalue weighted by Crippen LogP contribution is 2.12. The van der Waals surface area contributed by atoms with Gasteiger partial charge in [-0.3, -0.25) is 9.59 Å². The summed E-state index contributed by atoms with van der Waals surface area (Å²) >= 11 is 0. The van der Waals surface area contributed by atoms with Crippen molar-refractivity contribution in [2.24, 2.45) is 0 Å². The monoisotopic (exact) mass is 252 g/mol. The Bertz CT molecular complexity index is 420. The molecule has 0 bridgehead atoms. The molecule has 1 aromatic rings. The van der Waals surface area contributed by atoms with E-state index in [0.717, 1.165) is 0 Å². The van der Waals surface area contributed by atoms with Crippen molar-refractivity contribution in [2.75, 3.05) is 6.61 Å². The van der Waals surface area contributed by atoms with E-state index < -0.39 is 5.82 Å². The first-order valence-corrected chi connectivity index (χ1v) is 5.99. The van der Waals surface area contributed by atoms with Crippen LogP contribution in [-0.2, 0) is 9.53 Å². The number of Topliss-reactive ketones (excluding diaryl/α,β-unsaturated/α-hetero) is 1. The number of ether oxygens (including phenoxy) is 1. The number of carbonyl (C=O) groups excluding carboxylic acids is 2. The van der Waals surface area contributed by atoms with Crippen molar-refractivity contribution in [1.82, 2.24) is 0 Å². The van der Waals surface area contributed by atoms with Gasteiger partial charge in [-0.25, -0.2) is 4.39 Å². The molecule has 3 nitrogen and oxygen atoms in total. The SMILES string of the molecule is CCOC(=O)CCCC(=O)c1cc(C)cc(F)c1. The third kappa shape index (κ3) is 4.65. The topological polar surface area (TPSA) is 43.4 Å². The molecule has 0 spiro atoms. The van der Waals surface area contributed by atoms with Crippen molar-refractivity contribution in [3.8, 4) is 0 Å². The lowest BCUT2D eigenvalue weighted by atomic mass is 10.0. The molecule has 0 aromatic heterocycles. The lowest BCUT2D eigenvalue weighted by Gasteiger charge is -2.03. The zero-order valence-electron chi connectivity index (χ0n) is 10.7. The van der Waals surface area contributed by atoms with E-state index in [1.807, 2.05) is 0 Å². The van der Waals surface area contributed by atoms with Gasteiger partial charge in [-0.2, -0.15) is 0 Å². The maximum atomic E-state index is 13.1. The number of hydrogen-bond donors (Lipinski definition) is 0. The van der Waals surface area contributed by atoms with Gasteiger partial charge in [0.2, 0.25) is 0 Å². The van der Waals surface area contributed by atoms with E-state index >= 15 is 0 Å². The first-order valence-electron chi connectivity index (χ1n) is 5.99. The van der Waals surface area contributed by atoms with Gasteiger partial charge in [0.05, 0.1) is 6.61 Å². The van der Waals surface area contributed by atoms with Gasteiger partial charge in [-0.1, -0.05) is 0 Å². The molecule has 0 atom stereocenters. The van der Waals surface area contributed by atoms with Crippen LogP contribution >= 0.6 is 0 Å². The summed E-state index contributed by atoms with van der Waals surface area (Å²) in [6.07, 6.45) is 0.864. The molecule has 0 aliphatic heterocycles. The summed E-state index contributed by atoms with van der Waals surface area (Å²) in [7, 11) is 0. The highest BCUT2D eigenvalue weighted by atomic mass is 19.1. The van der Waals surface area contributed by atoms with Crippen LogP contribution in [0.3, 0.4) is 0 Å². The summed E-state index contributed by atoms with van der Waals surface area (Å²) < 4.78 is 17.9. The van der Waals surface area contributed by atoms with Crippen molar-refractivity contribution in [2.45, 2.75) is 33.1 Å². The van der Waals surface area contributed by atoms with E-state index in [0.29, 0.717) is 24.2 Å². The van der Waals surface area contributed by atoms with Gasteiger partial charge >= 0.3 is 5.97 Å². The maximum absolute atomic E-state index is 13.1. The average molecular weight is 252 g/mol. The first-order chi connectivity index (χ1) is 8.52. The molecule has 1 rings (SSSR count). The molecule has 0 amide bonds. The molecule has 0 saturated carbocycles. The van der Waals surface area contributed by atoms with Crippen LogP contribution in [0.2, 0.25) is 0 Å². The van der Waals surface area contributed by atoms with Crippen LogP contribution in [0.4, 0.5) is 4.39 Å². The summed E-state index contributed by atoms with van der Waals surface area (Å²) in [6, 6.07) is 4.24. The number of ketones is 1. The Hall–Kier alpha value is -1.71. The van der Waals surface area contributed by atoms with E-state index in [4.69, 9.17) is 4.74 Å². The molecule has 1 aromatic carbocycles. The zero-order chi connectivity index (χ0) is 13.5. The van der Waals surface area contributed by atoms with Gasteiger partial charge in [0.15, 0.2) is 5.78 Å². The Kier molecular flexibility index (Phi) is 5.49. The Morgan fingerprint density at radius 1 is 1.22 bits per heavy atom. The summed E-state index contributed by atoms with van der Waals surface area (Å²) in [4.78, 5) is 22.8. The molecular weight excluding hydrogens is 235 g/mol. The Morgan fingerprint density at radius 3 is 2.56 bits per heavy atom. The van der Waals surface area contributed by atoms with Crippen LogP contribution in [0.5, 0.6) is 0 Å². The molecule has 4 heteroatoms. The van der Waals surface area contributed by atoms with Crippen LogP contribution in [0.1, 0.15) is 42.1 Å². The molecule has 0 fully saturated rings. The minimum Gasteiger partial charge on any atom is -0.466 e. The van der Waals surface area contributed by atoms with E-state index in [-0.39, 0.29) is 24.6 Å². The lowest BCUT2D eigenvalue weighted by molar-refractivity contribution is -0.143. The quantitative estimate of drug-likeness (QED) is 0.577. The second-order valence-corrected chi connectivity index (χ2v) is 4.10. The number of benzene rings is 1. The third-order valence-corrected chi connectivity index (χ3v) is 2.45. The number of halogens is 1. The van der Waals surface area contributed by atoms with Gasteiger partial charge in [0.1, 0.15) is 5.82 Å². The highest BCUT2D eigenvalue weighted by molar-refractivity contribution is 5.96. The molecule has 0 heterocycles. The van der Waals surface area contributed by atoms with Crippen molar-refractivity contribution in [3.63, 3.8) is 0 Å². The van der Waals surface area contributed by atoms with Crippen molar-refractivity contribution >= 4 is 11.8 Å². The van der Waals surface area contributed by atoms with E-state index in [1.54, 1.807) is 19.9 Å². The summed E-state index contributed by atoms with van der Waals surface area (Å²) in [5.41, 5.74) is 1.07. The van der Waals surface area contributed by atoms with Gasteiger partial charge < -0.3 is 4.74 Å². The average Bonchev–Trinajstić information content (AvgIpc) is 2.27. The van der Waals surface area contributed by atoms with Gasteiger partial charge in [0.25, 0.3) is 0 Å². The smallest absolute Gasteiger partial charge is 0.305 e. The zero-order valence-corrected chi connectivity index (χ0v) is 10.7. The van der Waals surface area contributed by atoms with Gasteiger partial charge in [0, 0.05) is 18.4 Å². The number of rotatable bonds is 6. The molecule has 18 heavy (non-hydrogen) atoms. The Balaban J connectivity index is 2.48. The molecule has 0 aliphatic carbocycles. The summed E-state index contributed by atoms with van der Waals surface area (Å²) in [5, 5.41) is 0. The molecule has 98 valence electrons. The highest BCUT2D eigenvalue weighted by Gasteiger charge is 2.09. The number of esters is 1. The Labute approximate surface area is 106 Å². The lowest BCUT2D eigenvalue weighted by Crippen LogP contribution is -2.06. The van der Waals surface area contributed by atoms with Crippen LogP contribution in [0.15, 0.2) is 18.2 Å². The predicted octanol–water partition coefficient (Wildman–Crippen LogP) is 3.05. The van der Waals surface area contributed by atoms with Crippen molar-refractivity contribution in [1.29, 1.82) is 0 Å². The van der Waals surface area contributed by atoms with Crippen molar-refractivity contribution < 1.29 is 18.7 Å². The number of carbonyl (C=O) groups is 2. The third-order valence-electron chi connectivity index (χ3n) is 2.45. The number of hydrogen-bond acceptors (Lipinski definition) is 3. The second kappa shape index (κ2) is 6.89. The van der Waals surface area contributed by atoms with E-state index in [9.17, 15) is 14.0 Å². The van der Waals surface area contributed by atoms with E-state index in [1.165, 1.54) is 12.1 Å². The number of aryl methyl sites for hydroxylation is 1. The summed E-state index contributed by atoms with van der Waals surface area (Å²) in [5.74, 6) is -0.869. The minimum absolute atomic E-state index is 0.151. The van der Waals surface area contributed by atoms with Crippen LogP contribution < -0.4 is 0 Å². The first kappa shape index (κ1) is 14.4. The molecule has 0 aliphatic rings. The maximum Gasteiger partial charge on any atom is 0.305 e. The fourth-order valence-electron chi connectivity index (χ4n) is 1.67. The van der Waals surface area contributed by atoms with E-state index in [2.05, 4.69) is 0 Å². The van der Waals surface area contributed by atoms with Crippen LogP contribution in [-0.4, -0.2) is 18.4 Å². The molecule has 0 N–H and O–H groups in total. The largest absolute Gasteiger partial charge is 0.466 e. The van der Waals surface area contributed by atoms with Gasteiger partial charge in [-0.05, 0) is 44.0 Å². The molecule has 0 radical (unpaired) electrons. The van der Waals surface area contributed by atoms with Gasteiger partial charge in [-0.15, -0.1) is 0 Å². The second-order valence-electron chi connectivity index (χ2n) is 4.10. The molecule has 0 saturated heterocycles.